The van der Waals surface area contributed by atoms with Crippen LogP contribution >= 0.6 is 11.6 Å². The number of halogens is 2. The monoisotopic (exact) mass is 573 g/mol. The lowest BCUT2D eigenvalue weighted by Gasteiger charge is -2.34. The van der Waals surface area contributed by atoms with Crippen LogP contribution in [0.15, 0.2) is 36.7 Å². The number of hydrogen-bond donors (Lipinski definition) is 1. The van der Waals surface area contributed by atoms with Crippen LogP contribution in [0.5, 0.6) is 11.5 Å². The standard InChI is InChI=1S/C29H37ClFN5O4/c1-37-16-12-36-10-8-35(9-11-36)7-2-13-39-23-18-26-28(27(19-23)40-22-5-14-38-15-6-22)29(33-20-32-26)34-21-3-4-25(31)24(30)17-21/h3-4,17-20,22H,2,5-16H2,1H3,(H,32,33,34). The molecule has 0 radical (unpaired) electrons. The predicted molar refractivity (Wildman–Crippen MR) is 154 cm³/mol. The zero-order chi connectivity index (χ0) is 27.7. The smallest absolute Gasteiger partial charge is 0.145 e. The van der Waals surface area contributed by atoms with Crippen molar-refractivity contribution in [2.75, 3.05) is 78.1 Å². The number of fused-ring (bicyclic) bond motifs is 1. The largest absolute Gasteiger partial charge is 0.493 e. The third kappa shape index (κ3) is 7.70. The summed E-state index contributed by atoms with van der Waals surface area (Å²) in [4.78, 5) is 13.9. The van der Waals surface area contributed by atoms with Gasteiger partial charge in [-0.05, 0) is 24.6 Å². The first-order chi connectivity index (χ1) is 19.6. The lowest BCUT2D eigenvalue weighted by atomic mass is 10.1. The first kappa shape index (κ1) is 28.8. The van der Waals surface area contributed by atoms with Crippen molar-refractivity contribution >= 4 is 34.0 Å². The molecule has 11 heteroatoms. The summed E-state index contributed by atoms with van der Waals surface area (Å²) in [6.45, 7) is 8.96. The minimum atomic E-state index is -0.477. The van der Waals surface area contributed by atoms with Crippen molar-refractivity contribution in [3.05, 3.63) is 47.5 Å². The molecule has 1 N–H and O–H groups in total. The van der Waals surface area contributed by atoms with E-state index in [4.69, 9.17) is 30.5 Å². The van der Waals surface area contributed by atoms with Gasteiger partial charge in [0.15, 0.2) is 0 Å². The van der Waals surface area contributed by atoms with Gasteiger partial charge in [-0.1, -0.05) is 11.6 Å². The molecule has 2 aliphatic rings. The van der Waals surface area contributed by atoms with E-state index in [1.165, 1.54) is 18.5 Å². The molecule has 0 aliphatic carbocycles. The Hall–Kier alpha value is -2.76. The van der Waals surface area contributed by atoms with Crippen LogP contribution in [-0.2, 0) is 9.47 Å². The summed E-state index contributed by atoms with van der Waals surface area (Å²) >= 11 is 6.00. The minimum absolute atomic E-state index is 0.0167. The Morgan fingerprint density at radius 1 is 1.02 bits per heavy atom. The van der Waals surface area contributed by atoms with Crippen molar-refractivity contribution in [3.8, 4) is 11.5 Å². The quantitative estimate of drug-likeness (QED) is 0.309. The van der Waals surface area contributed by atoms with Gasteiger partial charge >= 0.3 is 0 Å². The van der Waals surface area contributed by atoms with Gasteiger partial charge in [-0.3, -0.25) is 4.90 Å². The van der Waals surface area contributed by atoms with Gasteiger partial charge in [-0.15, -0.1) is 0 Å². The highest BCUT2D eigenvalue weighted by Gasteiger charge is 2.21. The van der Waals surface area contributed by atoms with Gasteiger partial charge in [0.05, 0.1) is 42.4 Å². The molecule has 3 heterocycles. The molecule has 40 heavy (non-hydrogen) atoms. The van der Waals surface area contributed by atoms with Gasteiger partial charge < -0.3 is 29.2 Å². The van der Waals surface area contributed by atoms with Crippen LogP contribution < -0.4 is 14.8 Å². The third-order valence-corrected chi connectivity index (χ3v) is 7.57. The molecule has 5 rings (SSSR count). The van der Waals surface area contributed by atoms with Gasteiger partial charge in [0.1, 0.15) is 35.6 Å². The zero-order valence-corrected chi connectivity index (χ0v) is 23.7. The van der Waals surface area contributed by atoms with E-state index >= 15 is 0 Å². The summed E-state index contributed by atoms with van der Waals surface area (Å²) in [5, 5.41) is 4.01. The SMILES string of the molecule is COCCN1CCN(CCCOc2cc(OC3CCOCC3)c3c(Nc4ccc(F)c(Cl)c4)ncnc3c2)CC1. The summed E-state index contributed by atoms with van der Waals surface area (Å²) in [6, 6.07) is 8.29. The fraction of sp³-hybridized carbons (Fsp3) is 0.517. The van der Waals surface area contributed by atoms with E-state index in [1.807, 2.05) is 12.1 Å². The number of aromatic nitrogens is 2. The van der Waals surface area contributed by atoms with Crippen molar-refractivity contribution < 1.29 is 23.3 Å². The Bertz CT molecular complexity index is 1250. The maximum absolute atomic E-state index is 13.7. The Morgan fingerprint density at radius 3 is 2.55 bits per heavy atom. The Labute approximate surface area is 239 Å². The number of methoxy groups -OCH3 is 1. The maximum Gasteiger partial charge on any atom is 0.145 e. The number of nitrogens with zero attached hydrogens (tertiary/aromatic N) is 4. The van der Waals surface area contributed by atoms with Gasteiger partial charge in [0.2, 0.25) is 0 Å². The van der Waals surface area contributed by atoms with Gasteiger partial charge in [-0.25, -0.2) is 14.4 Å². The molecule has 0 amide bonds. The van der Waals surface area contributed by atoms with E-state index < -0.39 is 5.82 Å². The van der Waals surface area contributed by atoms with Crippen molar-refractivity contribution in [3.63, 3.8) is 0 Å². The molecule has 9 nitrogen and oxygen atoms in total. The minimum Gasteiger partial charge on any atom is -0.493 e. The summed E-state index contributed by atoms with van der Waals surface area (Å²) in [5.74, 6) is 1.41. The maximum atomic E-state index is 13.7. The van der Waals surface area contributed by atoms with Crippen LogP contribution in [0.25, 0.3) is 10.9 Å². The zero-order valence-electron chi connectivity index (χ0n) is 22.9. The normalized spacial score (nSPS) is 17.3. The van der Waals surface area contributed by atoms with Crippen LogP contribution in [0.1, 0.15) is 19.3 Å². The topological polar surface area (TPSA) is 81.2 Å². The molecular formula is C29H37ClFN5O4. The van der Waals surface area contributed by atoms with Crippen LogP contribution in [0.4, 0.5) is 15.9 Å². The van der Waals surface area contributed by atoms with Gasteiger partial charge in [-0.2, -0.15) is 0 Å². The summed E-state index contributed by atoms with van der Waals surface area (Å²) in [6.07, 6.45) is 4.03. The summed E-state index contributed by atoms with van der Waals surface area (Å²) in [5.41, 5.74) is 1.31. The molecule has 0 bridgehead atoms. The van der Waals surface area contributed by atoms with Gasteiger partial charge in [0, 0.05) is 77.0 Å². The molecule has 2 fully saturated rings. The van der Waals surface area contributed by atoms with E-state index in [0.717, 1.165) is 70.5 Å². The molecule has 0 spiro atoms. The number of anilines is 2. The van der Waals surface area contributed by atoms with Crippen LogP contribution in [-0.4, -0.2) is 98.7 Å². The first-order valence-corrected chi connectivity index (χ1v) is 14.3. The van der Waals surface area contributed by atoms with Crippen molar-refractivity contribution in [1.82, 2.24) is 19.8 Å². The Balaban J connectivity index is 1.27. The number of nitrogens with one attached hydrogen (secondary N) is 1. The second kappa shape index (κ2) is 14.2. The highest BCUT2D eigenvalue weighted by molar-refractivity contribution is 6.31. The average molecular weight is 574 g/mol. The lowest BCUT2D eigenvalue weighted by Crippen LogP contribution is -2.47. The predicted octanol–water partition coefficient (Wildman–Crippen LogP) is 4.76. The molecule has 0 saturated carbocycles. The number of piperazine rings is 1. The van der Waals surface area contributed by atoms with E-state index in [-0.39, 0.29) is 11.1 Å². The molecule has 0 atom stereocenters. The molecule has 2 aromatic carbocycles. The molecular weight excluding hydrogens is 537 g/mol. The second-order valence-electron chi connectivity index (χ2n) is 10.1. The van der Waals surface area contributed by atoms with E-state index in [2.05, 4.69) is 25.1 Å². The fourth-order valence-electron chi connectivity index (χ4n) is 5.02. The highest BCUT2D eigenvalue weighted by atomic mass is 35.5. The number of benzene rings is 2. The van der Waals surface area contributed by atoms with E-state index in [1.54, 1.807) is 13.2 Å². The van der Waals surface area contributed by atoms with E-state index in [9.17, 15) is 4.39 Å². The highest BCUT2D eigenvalue weighted by Crippen LogP contribution is 2.37. The van der Waals surface area contributed by atoms with Gasteiger partial charge in [0.25, 0.3) is 0 Å². The summed E-state index contributed by atoms with van der Waals surface area (Å²) < 4.78 is 37.1. The van der Waals surface area contributed by atoms with Crippen LogP contribution in [0.3, 0.4) is 0 Å². The molecule has 216 valence electrons. The number of ether oxygens (including phenoxy) is 4. The van der Waals surface area contributed by atoms with Crippen LogP contribution in [0, 0.1) is 5.82 Å². The summed E-state index contributed by atoms with van der Waals surface area (Å²) in [7, 11) is 1.75. The first-order valence-electron chi connectivity index (χ1n) is 13.9. The number of rotatable bonds is 12. The molecule has 2 aliphatic heterocycles. The molecule has 3 aromatic rings. The third-order valence-electron chi connectivity index (χ3n) is 7.28. The number of hydrogen-bond acceptors (Lipinski definition) is 9. The second-order valence-corrected chi connectivity index (χ2v) is 10.5. The molecule has 1 aromatic heterocycles. The Morgan fingerprint density at radius 2 is 1.80 bits per heavy atom. The fourth-order valence-corrected chi connectivity index (χ4v) is 5.20. The Kier molecular flexibility index (Phi) is 10.2. The van der Waals surface area contributed by atoms with Crippen LogP contribution in [0.2, 0.25) is 5.02 Å². The molecule has 2 saturated heterocycles. The average Bonchev–Trinajstić information content (AvgIpc) is 2.97. The lowest BCUT2D eigenvalue weighted by molar-refractivity contribution is 0.0261. The van der Waals surface area contributed by atoms with Crippen molar-refractivity contribution in [1.29, 1.82) is 0 Å². The van der Waals surface area contributed by atoms with Crippen molar-refractivity contribution in [2.45, 2.75) is 25.4 Å². The van der Waals surface area contributed by atoms with E-state index in [0.29, 0.717) is 48.3 Å². The molecule has 0 unspecified atom stereocenters. The van der Waals surface area contributed by atoms with Crippen molar-refractivity contribution in [2.24, 2.45) is 0 Å².